The molecule has 3 rings (SSSR count). The van der Waals surface area contributed by atoms with Crippen LogP contribution in [0.5, 0.6) is 0 Å². The number of anilines is 1. The Hall–Kier alpha value is -1.36. The van der Waals surface area contributed by atoms with E-state index >= 15 is 0 Å². The van der Waals surface area contributed by atoms with E-state index in [-0.39, 0.29) is 0 Å². The van der Waals surface area contributed by atoms with Crippen molar-refractivity contribution in [3.05, 3.63) is 40.8 Å². The van der Waals surface area contributed by atoms with E-state index in [0.29, 0.717) is 5.92 Å². The lowest BCUT2D eigenvalue weighted by molar-refractivity contribution is 0.505. The number of rotatable bonds is 1. The Morgan fingerprint density at radius 1 is 1.38 bits per heavy atom. The molecule has 82 valence electrons. The van der Waals surface area contributed by atoms with Gasteiger partial charge in [0.1, 0.15) is 5.82 Å². The van der Waals surface area contributed by atoms with Gasteiger partial charge in [0.25, 0.3) is 0 Å². The summed E-state index contributed by atoms with van der Waals surface area (Å²) in [4.78, 5) is 4.04. The molecule has 1 unspecified atom stereocenters. The zero-order valence-electron chi connectivity index (χ0n) is 8.60. The van der Waals surface area contributed by atoms with Gasteiger partial charge in [-0.05, 0) is 33.6 Å². The van der Waals surface area contributed by atoms with Crippen LogP contribution < -0.4 is 5.32 Å². The lowest BCUT2D eigenvalue weighted by Crippen LogP contribution is -2.26. The number of fused-ring (bicyclic) bond motifs is 1. The number of hydrogen-bond donors (Lipinski definition) is 1. The average molecular weight is 279 g/mol. The Labute approximate surface area is 102 Å². The molecule has 0 radical (unpaired) electrons. The Bertz CT molecular complexity index is 494. The largest absolute Gasteiger partial charge is 0.369 e. The molecule has 0 bridgehead atoms. The van der Waals surface area contributed by atoms with E-state index in [9.17, 15) is 0 Å². The number of halogens is 1. The molecule has 0 aromatic carbocycles. The number of nitrogens with zero attached hydrogens (tertiary/aromatic N) is 3. The van der Waals surface area contributed by atoms with Crippen molar-refractivity contribution in [2.75, 3.05) is 11.9 Å². The van der Waals surface area contributed by atoms with Crippen LogP contribution in [-0.4, -0.2) is 21.3 Å². The molecular weight excluding hydrogens is 268 g/mol. The van der Waals surface area contributed by atoms with Crippen molar-refractivity contribution >= 4 is 21.7 Å². The Balaban J connectivity index is 1.89. The van der Waals surface area contributed by atoms with E-state index in [1.54, 1.807) is 0 Å². The molecule has 1 N–H and O–H groups in total. The molecule has 16 heavy (non-hydrogen) atoms. The summed E-state index contributed by atoms with van der Waals surface area (Å²) >= 11 is 3.47. The minimum Gasteiger partial charge on any atom is -0.369 e. The maximum absolute atomic E-state index is 4.32. The first-order valence-corrected chi connectivity index (χ1v) is 5.99. The maximum Gasteiger partial charge on any atom is 0.138 e. The van der Waals surface area contributed by atoms with Crippen LogP contribution >= 0.6 is 15.9 Å². The van der Waals surface area contributed by atoms with Crippen LogP contribution in [0.15, 0.2) is 35.2 Å². The van der Waals surface area contributed by atoms with Gasteiger partial charge in [0.05, 0.1) is 17.2 Å². The van der Waals surface area contributed by atoms with Crippen LogP contribution in [0.1, 0.15) is 11.5 Å². The third kappa shape index (κ3) is 1.61. The normalized spacial score (nSPS) is 18.9. The summed E-state index contributed by atoms with van der Waals surface area (Å²) in [7, 11) is 0. The van der Waals surface area contributed by atoms with Crippen molar-refractivity contribution < 1.29 is 0 Å². The lowest BCUT2D eigenvalue weighted by Gasteiger charge is -2.25. The van der Waals surface area contributed by atoms with Crippen molar-refractivity contribution in [2.24, 2.45) is 0 Å². The number of hydrogen-bond acceptors (Lipinski definition) is 3. The predicted molar refractivity (Wildman–Crippen MR) is 65.4 cm³/mol. The van der Waals surface area contributed by atoms with Gasteiger partial charge in [-0.3, -0.25) is 4.98 Å². The van der Waals surface area contributed by atoms with E-state index in [1.165, 1.54) is 5.56 Å². The molecule has 1 atom stereocenters. The third-order valence-corrected chi connectivity index (χ3v) is 3.46. The topological polar surface area (TPSA) is 42.7 Å². The molecule has 1 aliphatic rings. The fourth-order valence-corrected chi connectivity index (χ4v) is 2.47. The lowest BCUT2D eigenvalue weighted by atomic mass is 9.99. The van der Waals surface area contributed by atoms with Gasteiger partial charge in [0.2, 0.25) is 0 Å². The first kappa shape index (κ1) is 9.84. The maximum atomic E-state index is 4.32. The fraction of sp³-hybridized carbons (Fsp3) is 0.273. The summed E-state index contributed by atoms with van der Waals surface area (Å²) in [5.74, 6) is 1.53. The molecule has 2 aromatic heterocycles. The van der Waals surface area contributed by atoms with Gasteiger partial charge >= 0.3 is 0 Å². The summed E-state index contributed by atoms with van der Waals surface area (Å²) in [6, 6.07) is 4.13. The highest BCUT2D eigenvalue weighted by atomic mass is 79.9. The third-order valence-electron chi connectivity index (χ3n) is 2.88. The molecule has 0 amide bonds. The van der Waals surface area contributed by atoms with E-state index in [2.05, 4.69) is 43.5 Å². The smallest absolute Gasteiger partial charge is 0.138 e. The van der Waals surface area contributed by atoms with Gasteiger partial charge in [-0.25, -0.2) is 4.68 Å². The van der Waals surface area contributed by atoms with Crippen LogP contribution in [0, 0.1) is 0 Å². The number of nitrogens with one attached hydrogen (secondary N) is 1. The molecule has 4 nitrogen and oxygen atoms in total. The predicted octanol–water partition coefficient (Wildman–Crippen LogP) is 2.25. The summed E-state index contributed by atoms with van der Waals surface area (Å²) in [5.41, 5.74) is 1.31. The summed E-state index contributed by atoms with van der Waals surface area (Å²) in [6.07, 6.45) is 5.50. The van der Waals surface area contributed by atoms with E-state index in [4.69, 9.17) is 0 Å². The Morgan fingerprint density at radius 3 is 3.00 bits per heavy atom. The van der Waals surface area contributed by atoms with Crippen molar-refractivity contribution in [3.63, 3.8) is 0 Å². The second kappa shape index (κ2) is 3.90. The van der Waals surface area contributed by atoms with Crippen LogP contribution in [0.3, 0.4) is 0 Å². The molecule has 1 aliphatic heterocycles. The quantitative estimate of drug-likeness (QED) is 0.870. The van der Waals surface area contributed by atoms with Gasteiger partial charge in [-0.1, -0.05) is 0 Å². The van der Waals surface area contributed by atoms with Crippen LogP contribution in [0.2, 0.25) is 0 Å². The molecule has 5 heteroatoms. The van der Waals surface area contributed by atoms with Gasteiger partial charge < -0.3 is 5.32 Å². The van der Waals surface area contributed by atoms with E-state index < -0.39 is 0 Å². The summed E-state index contributed by atoms with van der Waals surface area (Å²) < 4.78 is 3.03. The molecule has 3 heterocycles. The summed E-state index contributed by atoms with van der Waals surface area (Å²) in [6.45, 7) is 1.85. The molecule has 0 spiro atoms. The molecule has 0 aliphatic carbocycles. The van der Waals surface area contributed by atoms with Crippen LogP contribution in [0.4, 0.5) is 5.82 Å². The number of aromatic nitrogens is 3. The highest BCUT2D eigenvalue weighted by Gasteiger charge is 2.21. The second-order valence-corrected chi connectivity index (χ2v) is 4.74. The average Bonchev–Trinajstić information content (AvgIpc) is 2.72. The molecule has 2 aromatic rings. The highest BCUT2D eigenvalue weighted by Crippen LogP contribution is 2.29. The van der Waals surface area contributed by atoms with E-state index in [1.807, 2.05) is 23.3 Å². The molecular formula is C11H11BrN4. The molecule has 0 fully saturated rings. The fourth-order valence-electron chi connectivity index (χ4n) is 2.03. The SMILES string of the molecule is Brc1cnn2c1NCC(c1ccncc1)C2. The van der Waals surface area contributed by atoms with Crippen molar-refractivity contribution in [2.45, 2.75) is 12.5 Å². The Morgan fingerprint density at radius 2 is 2.19 bits per heavy atom. The van der Waals surface area contributed by atoms with Crippen molar-refractivity contribution in [1.82, 2.24) is 14.8 Å². The zero-order valence-corrected chi connectivity index (χ0v) is 10.2. The monoisotopic (exact) mass is 278 g/mol. The minimum absolute atomic E-state index is 0.460. The zero-order chi connectivity index (χ0) is 11.0. The van der Waals surface area contributed by atoms with Crippen LogP contribution in [0.25, 0.3) is 0 Å². The van der Waals surface area contributed by atoms with Gasteiger partial charge in [0.15, 0.2) is 0 Å². The standard InChI is InChI=1S/C11H11BrN4/c12-10-6-15-16-7-9(5-14-11(10)16)8-1-3-13-4-2-8/h1-4,6,9,14H,5,7H2. The summed E-state index contributed by atoms with van der Waals surface area (Å²) in [5, 5.41) is 7.72. The van der Waals surface area contributed by atoms with Gasteiger partial charge in [0, 0.05) is 24.9 Å². The second-order valence-electron chi connectivity index (χ2n) is 3.88. The molecule has 0 saturated heterocycles. The van der Waals surface area contributed by atoms with Gasteiger partial charge in [-0.2, -0.15) is 5.10 Å². The van der Waals surface area contributed by atoms with Crippen molar-refractivity contribution in [3.8, 4) is 0 Å². The number of pyridine rings is 1. The van der Waals surface area contributed by atoms with E-state index in [0.717, 1.165) is 23.4 Å². The first-order chi connectivity index (χ1) is 7.84. The Kier molecular flexibility index (Phi) is 2.40. The van der Waals surface area contributed by atoms with Crippen LogP contribution in [-0.2, 0) is 6.54 Å². The van der Waals surface area contributed by atoms with Gasteiger partial charge in [-0.15, -0.1) is 0 Å². The van der Waals surface area contributed by atoms with Crippen molar-refractivity contribution in [1.29, 1.82) is 0 Å². The first-order valence-electron chi connectivity index (χ1n) is 5.19. The molecule has 0 saturated carbocycles. The highest BCUT2D eigenvalue weighted by molar-refractivity contribution is 9.10. The minimum atomic E-state index is 0.460.